The quantitative estimate of drug-likeness (QED) is 0.480. The van der Waals surface area contributed by atoms with E-state index in [9.17, 15) is 14.9 Å². The number of rotatable bonds is 3. The Hall–Kier alpha value is -2.17. The molecule has 0 aliphatic carbocycles. The van der Waals surface area contributed by atoms with E-state index in [4.69, 9.17) is 4.42 Å². The highest BCUT2D eigenvalue weighted by Crippen LogP contribution is 2.34. The number of hydrogen-bond donors (Lipinski definition) is 1. The Labute approximate surface area is 161 Å². The van der Waals surface area contributed by atoms with Gasteiger partial charge in [-0.05, 0) is 13.1 Å². The van der Waals surface area contributed by atoms with Gasteiger partial charge in [0, 0.05) is 43.5 Å². The van der Waals surface area contributed by atoms with Gasteiger partial charge in [0.2, 0.25) is 5.89 Å². The number of piperazine rings is 1. The van der Waals surface area contributed by atoms with Gasteiger partial charge in [-0.3, -0.25) is 14.9 Å². The number of nitrogens with one attached hydrogen (secondary N) is 1. The first-order valence-corrected chi connectivity index (χ1v) is 9.43. The minimum atomic E-state index is -0.533. The summed E-state index contributed by atoms with van der Waals surface area (Å²) in [6, 6.07) is 2.81. The number of aromatic nitrogens is 1. The largest absolute Gasteiger partial charge is 0.440 e. The van der Waals surface area contributed by atoms with Crippen molar-refractivity contribution < 1.29 is 14.1 Å². The maximum absolute atomic E-state index is 12.4. The molecule has 1 saturated heterocycles. The van der Waals surface area contributed by atoms with Crippen molar-refractivity contribution in [2.45, 2.75) is 26.2 Å². The van der Waals surface area contributed by atoms with Crippen LogP contribution in [0.3, 0.4) is 0 Å². The third kappa shape index (κ3) is 4.57. The molecule has 0 radical (unpaired) electrons. The Morgan fingerprint density at radius 2 is 1.96 bits per heavy atom. The van der Waals surface area contributed by atoms with Crippen molar-refractivity contribution in [1.82, 2.24) is 14.2 Å². The van der Waals surface area contributed by atoms with E-state index in [1.54, 1.807) is 0 Å². The maximum Gasteiger partial charge on any atom is 0.298 e. The smallest absolute Gasteiger partial charge is 0.298 e. The van der Waals surface area contributed by atoms with Gasteiger partial charge in [0.25, 0.3) is 10.9 Å². The van der Waals surface area contributed by atoms with Gasteiger partial charge in [0.15, 0.2) is 5.58 Å². The molecular weight excluding hydrogens is 370 g/mol. The Morgan fingerprint density at radius 1 is 1.30 bits per heavy atom. The number of oxazole rings is 1. The van der Waals surface area contributed by atoms with E-state index in [0.717, 1.165) is 38.1 Å². The molecule has 2 aromatic rings. The lowest BCUT2D eigenvalue weighted by Gasteiger charge is -2.30. The molecule has 1 fully saturated rings. The number of fused-ring (bicyclic) bond motifs is 1. The zero-order valence-electron chi connectivity index (χ0n) is 15.8. The number of carbonyl (C=O) groups is 1. The predicted octanol–water partition coefficient (Wildman–Crippen LogP) is 3.46. The number of nitro groups is 1. The number of likely N-dealkylation sites (N-methyl/N-ethyl adjacent to an activating group) is 1. The van der Waals surface area contributed by atoms with Gasteiger partial charge in [-0.2, -0.15) is 0 Å². The van der Waals surface area contributed by atoms with Gasteiger partial charge >= 0.3 is 0 Å². The molecule has 0 atom stereocenters. The summed E-state index contributed by atoms with van der Waals surface area (Å²) in [5, 5.41) is 13.7. The fraction of sp³-hybridized carbons (Fsp3) is 0.529. The van der Waals surface area contributed by atoms with Crippen LogP contribution in [0.5, 0.6) is 0 Å². The van der Waals surface area contributed by atoms with Crippen molar-refractivity contribution in [3.05, 3.63) is 28.1 Å². The van der Waals surface area contributed by atoms with Crippen LogP contribution >= 0.6 is 11.9 Å². The molecule has 146 valence electrons. The minimum absolute atomic E-state index is 0.118. The van der Waals surface area contributed by atoms with Crippen molar-refractivity contribution in [1.29, 1.82) is 0 Å². The van der Waals surface area contributed by atoms with Gasteiger partial charge < -0.3 is 14.6 Å². The lowest BCUT2D eigenvalue weighted by atomic mass is 9.97. The molecule has 1 aromatic carbocycles. The van der Waals surface area contributed by atoms with Crippen LogP contribution in [0.1, 0.15) is 26.7 Å². The first-order chi connectivity index (χ1) is 12.6. The average Bonchev–Trinajstić information content (AvgIpc) is 2.99. The first kappa shape index (κ1) is 19.6. The maximum atomic E-state index is 12.4. The minimum Gasteiger partial charge on any atom is -0.440 e. The van der Waals surface area contributed by atoms with Crippen LogP contribution in [0.25, 0.3) is 11.1 Å². The number of nitro benzene ring substituents is 1. The Kier molecular flexibility index (Phi) is 5.41. The molecule has 1 amide bonds. The number of amides is 1. The summed E-state index contributed by atoms with van der Waals surface area (Å²) in [4.78, 5) is 29.9. The van der Waals surface area contributed by atoms with Gasteiger partial charge in [0.1, 0.15) is 11.2 Å². The SMILES string of the molecule is CN1CCN(SC(=O)Nc2cc3nc(C(C)(C)C)oc3cc2[N+](=O)[O-])CC1. The molecule has 2 heterocycles. The van der Waals surface area contributed by atoms with Crippen LogP contribution < -0.4 is 5.32 Å². The van der Waals surface area contributed by atoms with Gasteiger partial charge in [0.05, 0.1) is 11.0 Å². The standard InChI is InChI=1S/C17H23N5O4S/c1-17(2,3)15-18-12-9-11(13(22(24)25)10-14(12)26-15)19-16(23)27-21-7-5-20(4)6-8-21/h9-10H,5-8H2,1-4H3,(H,19,23). The van der Waals surface area contributed by atoms with E-state index in [1.165, 1.54) is 12.1 Å². The molecule has 0 bridgehead atoms. The number of anilines is 1. The van der Waals surface area contributed by atoms with E-state index < -0.39 is 4.92 Å². The lowest BCUT2D eigenvalue weighted by molar-refractivity contribution is -0.383. The van der Waals surface area contributed by atoms with Gasteiger partial charge in [-0.1, -0.05) is 20.8 Å². The van der Waals surface area contributed by atoms with Crippen LogP contribution in [0.2, 0.25) is 0 Å². The van der Waals surface area contributed by atoms with Crippen molar-refractivity contribution in [3.63, 3.8) is 0 Å². The highest BCUT2D eigenvalue weighted by atomic mass is 32.2. The fourth-order valence-electron chi connectivity index (χ4n) is 2.66. The molecule has 9 nitrogen and oxygen atoms in total. The zero-order chi connectivity index (χ0) is 19.8. The van der Waals surface area contributed by atoms with Crippen LogP contribution in [0, 0.1) is 10.1 Å². The fourth-order valence-corrected chi connectivity index (χ4v) is 3.40. The zero-order valence-corrected chi connectivity index (χ0v) is 16.6. The number of nitrogens with zero attached hydrogens (tertiary/aromatic N) is 4. The van der Waals surface area contributed by atoms with E-state index in [-0.39, 0.29) is 22.0 Å². The third-order valence-electron chi connectivity index (χ3n) is 4.26. The molecule has 1 aliphatic heterocycles. The summed E-state index contributed by atoms with van der Waals surface area (Å²) in [7, 11) is 2.03. The topological polar surface area (TPSA) is 105 Å². The second kappa shape index (κ2) is 7.45. The second-order valence-corrected chi connectivity index (χ2v) is 8.67. The molecule has 0 unspecified atom stereocenters. The molecule has 0 spiro atoms. The molecular formula is C17H23N5O4S. The number of hydrogen-bond acceptors (Lipinski definition) is 8. The predicted molar refractivity (Wildman–Crippen MR) is 105 cm³/mol. The second-order valence-electron chi connectivity index (χ2n) is 7.60. The van der Waals surface area contributed by atoms with Crippen LogP contribution in [0.15, 0.2) is 16.5 Å². The van der Waals surface area contributed by atoms with Crippen molar-refractivity contribution in [3.8, 4) is 0 Å². The number of carbonyl (C=O) groups excluding carboxylic acids is 1. The summed E-state index contributed by atoms with van der Waals surface area (Å²) in [6.07, 6.45) is 0. The summed E-state index contributed by atoms with van der Waals surface area (Å²) in [5.74, 6) is 0.488. The van der Waals surface area contributed by atoms with Gasteiger partial charge in [-0.15, -0.1) is 0 Å². The van der Waals surface area contributed by atoms with E-state index in [1.807, 2.05) is 32.1 Å². The van der Waals surface area contributed by atoms with E-state index in [2.05, 4.69) is 15.2 Å². The summed E-state index contributed by atoms with van der Waals surface area (Å²) in [5.41, 5.74) is 0.384. The average molecular weight is 393 g/mol. The molecule has 1 N–H and O–H groups in total. The van der Waals surface area contributed by atoms with E-state index >= 15 is 0 Å². The first-order valence-electron chi connectivity index (χ1n) is 8.65. The highest BCUT2D eigenvalue weighted by molar-refractivity contribution is 8.11. The summed E-state index contributed by atoms with van der Waals surface area (Å²) < 4.78 is 7.62. The number of benzene rings is 1. The summed E-state index contributed by atoms with van der Waals surface area (Å²) >= 11 is 1.04. The molecule has 10 heteroatoms. The normalized spacial score (nSPS) is 16.6. The Bertz CT molecular complexity index is 868. The highest BCUT2D eigenvalue weighted by Gasteiger charge is 2.25. The molecule has 3 rings (SSSR count). The van der Waals surface area contributed by atoms with Crippen molar-refractivity contribution >= 4 is 39.7 Å². The molecule has 1 aliphatic rings. The Morgan fingerprint density at radius 3 is 2.56 bits per heavy atom. The molecule has 1 aromatic heterocycles. The lowest BCUT2D eigenvalue weighted by Crippen LogP contribution is -2.41. The Balaban J connectivity index is 1.82. The van der Waals surface area contributed by atoms with Crippen molar-refractivity contribution in [2.24, 2.45) is 0 Å². The molecule has 0 saturated carbocycles. The van der Waals surface area contributed by atoms with Gasteiger partial charge in [-0.25, -0.2) is 9.29 Å². The van der Waals surface area contributed by atoms with E-state index in [0.29, 0.717) is 17.0 Å². The van der Waals surface area contributed by atoms with Crippen LogP contribution in [0.4, 0.5) is 16.2 Å². The van der Waals surface area contributed by atoms with Crippen LogP contribution in [-0.2, 0) is 5.41 Å². The van der Waals surface area contributed by atoms with Crippen LogP contribution in [-0.4, -0.2) is 57.6 Å². The third-order valence-corrected chi connectivity index (χ3v) is 5.15. The van der Waals surface area contributed by atoms with Crippen molar-refractivity contribution in [2.75, 3.05) is 38.5 Å². The summed E-state index contributed by atoms with van der Waals surface area (Å²) in [6.45, 7) is 9.11. The monoisotopic (exact) mass is 393 g/mol. The molecule has 27 heavy (non-hydrogen) atoms.